The topological polar surface area (TPSA) is 137 Å². The van der Waals surface area contributed by atoms with Crippen molar-refractivity contribution in [3.05, 3.63) is 42.7 Å². The van der Waals surface area contributed by atoms with Crippen LogP contribution in [-0.4, -0.2) is 44.5 Å². The van der Waals surface area contributed by atoms with Crippen molar-refractivity contribution in [2.75, 3.05) is 29.3 Å². The SMILES string of the molecule is COc1ccc(NC(C)=O)cc1NC(=O)CSc1nnc(-c2cccnc2)n1N. The van der Waals surface area contributed by atoms with E-state index in [4.69, 9.17) is 10.6 Å². The van der Waals surface area contributed by atoms with Crippen LogP contribution in [0.2, 0.25) is 0 Å². The molecule has 2 aromatic heterocycles. The van der Waals surface area contributed by atoms with Crippen LogP contribution in [0, 0.1) is 0 Å². The summed E-state index contributed by atoms with van der Waals surface area (Å²) in [6.45, 7) is 1.40. The lowest BCUT2D eigenvalue weighted by Gasteiger charge is -2.12. The molecule has 11 heteroatoms. The van der Waals surface area contributed by atoms with Crippen LogP contribution >= 0.6 is 11.8 Å². The summed E-state index contributed by atoms with van der Waals surface area (Å²) >= 11 is 1.14. The van der Waals surface area contributed by atoms with E-state index in [1.807, 2.05) is 6.07 Å². The lowest BCUT2D eigenvalue weighted by atomic mass is 10.2. The summed E-state index contributed by atoms with van der Waals surface area (Å²) in [5.41, 5.74) is 1.71. The van der Waals surface area contributed by atoms with Gasteiger partial charge in [-0.15, -0.1) is 10.2 Å². The van der Waals surface area contributed by atoms with Crippen molar-refractivity contribution in [3.63, 3.8) is 0 Å². The number of methoxy groups -OCH3 is 1. The Hall–Kier alpha value is -3.60. The first-order valence-corrected chi connectivity index (χ1v) is 9.45. The minimum absolute atomic E-state index is 0.0515. The van der Waals surface area contributed by atoms with E-state index in [0.29, 0.717) is 28.1 Å². The van der Waals surface area contributed by atoms with Crippen LogP contribution in [0.15, 0.2) is 47.9 Å². The maximum absolute atomic E-state index is 12.4. The molecule has 0 saturated carbocycles. The predicted molar refractivity (Wildman–Crippen MR) is 110 cm³/mol. The first kappa shape index (κ1) is 20.1. The van der Waals surface area contributed by atoms with Gasteiger partial charge in [-0.3, -0.25) is 14.6 Å². The zero-order valence-corrected chi connectivity index (χ0v) is 16.6. The van der Waals surface area contributed by atoms with Crippen LogP contribution in [0.4, 0.5) is 11.4 Å². The Labute approximate surface area is 170 Å². The third-order valence-corrected chi connectivity index (χ3v) is 4.65. The average molecular weight is 413 g/mol. The highest BCUT2D eigenvalue weighted by molar-refractivity contribution is 7.99. The quantitative estimate of drug-likeness (QED) is 0.393. The van der Waals surface area contributed by atoms with Gasteiger partial charge in [0.15, 0.2) is 5.82 Å². The fraction of sp³-hybridized carbons (Fsp3) is 0.167. The molecule has 4 N–H and O–H groups in total. The van der Waals surface area contributed by atoms with Gasteiger partial charge < -0.3 is 21.2 Å². The van der Waals surface area contributed by atoms with Crippen molar-refractivity contribution >= 4 is 35.0 Å². The Balaban J connectivity index is 1.66. The standard InChI is InChI=1S/C18H19N7O3S/c1-11(26)21-13-5-6-15(28-2)14(8-13)22-16(27)10-29-18-24-23-17(25(18)19)12-4-3-7-20-9-12/h3-9H,10,19H2,1-2H3,(H,21,26)(H,22,27). The van der Waals surface area contributed by atoms with Crippen molar-refractivity contribution < 1.29 is 14.3 Å². The van der Waals surface area contributed by atoms with Gasteiger partial charge in [-0.2, -0.15) is 0 Å². The van der Waals surface area contributed by atoms with Gasteiger partial charge >= 0.3 is 0 Å². The molecule has 0 saturated heterocycles. The molecular weight excluding hydrogens is 394 g/mol. The van der Waals surface area contributed by atoms with Crippen LogP contribution in [0.25, 0.3) is 11.4 Å². The second-order valence-corrected chi connectivity index (χ2v) is 6.79. The largest absolute Gasteiger partial charge is 0.495 e. The molecule has 3 aromatic rings. The highest BCUT2D eigenvalue weighted by Gasteiger charge is 2.15. The maximum Gasteiger partial charge on any atom is 0.234 e. The smallest absolute Gasteiger partial charge is 0.234 e. The van der Waals surface area contributed by atoms with Crippen LogP contribution in [0.3, 0.4) is 0 Å². The van der Waals surface area contributed by atoms with Crippen LogP contribution in [-0.2, 0) is 9.59 Å². The van der Waals surface area contributed by atoms with Crippen molar-refractivity contribution in [2.45, 2.75) is 12.1 Å². The van der Waals surface area contributed by atoms with E-state index >= 15 is 0 Å². The van der Waals surface area contributed by atoms with Gasteiger partial charge in [0.25, 0.3) is 0 Å². The molecule has 2 heterocycles. The number of benzene rings is 1. The molecule has 0 atom stereocenters. The van der Waals surface area contributed by atoms with Gasteiger partial charge in [-0.25, -0.2) is 4.68 Å². The molecule has 2 amide bonds. The average Bonchev–Trinajstić information content (AvgIpc) is 3.07. The Morgan fingerprint density at radius 1 is 1.24 bits per heavy atom. The summed E-state index contributed by atoms with van der Waals surface area (Å²) in [6, 6.07) is 8.55. The Bertz CT molecular complexity index is 1020. The molecular formula is C18H19N7O3S. The van der Waals surface area contributed by atoms with E-state index in [2.05, 4.69) is 25.8 Å². The van der Waals surface area contributed by atoms with Crippen molar-refractivity contribution in [1.82, 2.24) is 19.9 Å². The number of anilines is 2. The number of nitrogens with one attached hydrogen (secondary N) is 2. The first-order valence-electron chi connectivity index (χ1n) is 8.47. The molecule has 0 aliphatic rings. The number of hydrogen-bond donors (Lipinski definition) is 3. The highest BCUT2D eigenvalue weighted by atomic mass is 32.2. The molecule has 0 radical (unpaired) electrons. The van der Waals surface area contributed by atoms with Gasteiger partial charge in [0.05, 0.1) is 18.6 Å². The van der Waals surface area contributed by atoms with Gasteiger partial charge in [-0.05, 0) is 30.3 Å². The third kappa shape index (κ3) is 5.02. The number of nitrogen functional groups attached to an aromatic ring is 1. The summed E-state index contributed by atoms with van der Waals surface area (Å²) in [5.74, 6) is 6.50. The Morgan fingerprint density at radius 2 is 2.07 bits per heavy atom. The maximum atomic E-state index is 12.4. The molecule has 0 unspecified atom stereocenters. The number of thioether (sulfide) groups is 1. The van der Waals surface area contributed by atoms with Crippen LogP contribution in [0.1, 0.15) is 6.92 Å². The Kier molecular flexibility index (Phi) is 6.29. The van der Waals surface area contributed by atoms with E-state index in [-0.39, 0.29) is 17.6 Å². The number of pyridine rings is 1. The normalized spacial score (nSPS) is 10.4. The van der Waals surface area contributed by atoms with Gasteiger partial charge in [0.1, 0.15) is 5.75 Å². The summed E-state index contributed by atoms with van der Waals surface area (Å²) in [6.07, 6.45) is 3.28. The molecule has 0 aliphatic carbocycles. The van der Waals surface area contributed by atoms with Crippen LogP contribution in [0.5, 0.6) is 5.75 Å². The summed E-state index contributed by atoms with van der Waals surface area (Å²) in [7, 11) is 1.49. The zero-order chi connectivity index (χ0) is 20.8. The summed E-state index contributed by atoms with van der Waals surface area (Å²) in [4.78, 5) is 27.7. The van der Waals surface area contributed by atoms with Gasteiger partial charge in [0, 0.05) is 30.6 Å². The molecule has 150 valence electrons. The molecule has 10 nitrogen and oxygen atoms in total. The first-order chi connectivity index (χ1) is 14.0. The van der Waals surface area contributed by atoms with E-state index in [1.54, 1.807) is 36.7 Å². The number of ether oxygens (including phenoxy) is 1. The molecule has 0 aliphatic heterocycles. The number of carbonyl (C=O) groups excluding carboxylic acids is 2. The summed E-state index contributed by atoms with van der Waals surface area (Å²) < 4.78 is 6.57. The lowest BCUT2D eigenvalue weighted by Crippen LogP contribution is -2.17. The fourth-order valence-electron chi connectivity index (χ4n) is 2.47. The fourth-order valence-corrected chi connectivity index (χ4v) is 3.13. The minimum Gasteiger partial charge on any atom is -0.495 e. The number of rotatable bonds is 7. The zero-order valence-electron chi connectivity index (χ0n) is 15.7. The monoisotopic (exact) mass is 413 g/mol. The number of aromatic nitrogens is 4. The highest BCUT2D eigenvalue weighted by Crippen LogP contribution is 2.28. The van der Waals surface area contributed by atoms with Crippen molar-refractivity contribution in [3.8, 4) is 17.1 Å². The van der Waals surface area contributed by atoms with Crippen molar-refractivity contribution in [2.24, 2.45) is 0 Å². The third-order valence-electron chi connectivity index (χ3n) is 3.71. The van der Waals surface area contributed by atoms with E-state index in [9.17, 15) is 9.59 Å². The lowest BCUT2D eigenvalue weighted by molar-refractivity contribution is -0.114. The van der Waals surface area contributed by atoms with Crippen LogP contribution < -0.4 is 21.2 Å². The number of carbonyl (C=O) groups is 2. The van der Waals surface area contributed by atoms with E-state index in [0.717, 1.165) is 17.3 Å². The Morgan fingerprint density at radius 3 is 2.76 bits per heavy atom. The second kappa shape index (κ2) is 9.06. The predicted octanol–water partition coefficient (Wildman–Crippen LogP) is 1.75. The summed E-state index contributed by atoms with van der Waals surface area (Å²) in [5, 5.41) is 13.9. The number of hydrogen-bond acceptors (Lipinski definition) is 8. The molecule has 3 rings (SSSR count). The van der Waals surface area contributed by atoms with Crippen molar-refractivity contribution in [1.29, 1.82) is 0 Å². The van der Waals surface area contributed by atoms with Gasteiger partial charge in [0.2, 0.25) is 17.0 Å². The van der Waals surface area contributed by atoms with E-state index < -0.39 is 0 Å². The number of nitrogens with zero attached hydrogens (tertiary/aromatic N) is 4. The molecule has 29 heavy (non-hydrogen) atoms. The minimum atomic E-state index is -0.292. The molecule has 0 spiro atoms. The second-order valence-electron chi connectivity index (χ2n) is 5.85. The molecule has 1 aromatic carbocycles. The molecule has 0 bridgehead atoms. The van der Waals surface area contributed by atoms with E-state index in [1.165, 1.54) is 18.7 Å². The molecule has 0 fully saturated rings. The van der Waals surface area contributed by atoms with Gasteiger partial charge in [-0.1, -0.05) is 11.8 Å². The number of amides is 2. The number of nitrogens with two attached hydrogens (primary N) is 1.